The van der Waals surface area contributed by atoms with Gasteiger partial charge >= 0.3 is 12.3 Å². The molecule has 1 aromatic carbocycles. The molecule has 6 nitrogen and oxygen atoms in total. The molecule has 2 aliphatic heterocycles. The summed E-state index contributed by atoms with van der Waals surface area (Å²) in [6.45, 7) is 1.12. The second kappa shape index (κ2) is 7.80. The van der Waals surface area contributed by atoms with E-state index in [0.29, 0.717) is 0 Å². The summed E-state index contributed by atoms with van der Waals surface area (Å²) in [5.74, 6) is -2.36. The SMILES string of the molecule is CC12CN(C(=O)O[C@H](CO)C(F)(F)F)CC1CN(S(=O)c1ccc(F)c(F)c1)C2. The largest absolute Gasteiger partial charge is 0.434 e. The number of rotatable bonds is 4. The Morgan fingerprint density at radius 3 is 2.55 bits per heavy atom. The molecule has 0 radical (unpaired) electrons. The van der Waals surface area contributed by atoms with Gasteiger partial charge in [0.1, 0.15) is 11.0 Å². The molecule has 2 heterocycles. The predicted octanol–water partition coefficient (Wildman–Crippen LogP) is 2.30. The second-order valence-electron chi connectivity index (χ2n) is 7.48. The van der Waals surface area contributed by atoms with Crippen molar-refractivity contribution in [1.82, 2.24) is 9.21 Å². The van der Waals surface area contributed by atoms with Crippen LogP contribution in [0.5, 0.6) is 0 Å². The smallest absolute Gasteiger partial charge is 0.427 e. The zero-order chi connectivity index (χ0) is 21.6. The van der Waals surface area contributed by atoms with Crippen molar-refractivity contribution in [2.45, 2.75) is 24.1 Å². The fourth-order valence-electron chi connectivity index (χ4n) is 3.69. The molecule has 4 atom stereocenters. The highest BCUT2D eigenvalue weighted by Crippen LogP contribution is 2.43. The molecule has 2 aliphatic rings. The number of likely N-dealkylation sites (tertiary alicyclic amines) is 1. The number of amides is 1. The van der Waals surface area contributed by atoms with Gasteiger partial charge in [-0.25, -0.2) is 22.1 Å². The van der Waals surface area contributed by atoms with E-state index < -0.39 is 53.0 Å². The molecule has 1 N–H and O–H groups in total. The van der Waals surface area contributed by atoms with E-state index in [1.807, 2.05) is 0 Å². The first-order valence-corrected chi connectivity index (χ1v) is 9.80. The Labute approximate surface area is 165 Å². The number of carbonyl (C=O) groups excluding carboxylic acids is 1. The number of hydrogen-bond donors (Lipinski definition) is 1. The zero-order valence-corrected chi connectivity index (χ0v) is 16.1. The summed E-state index contributed by atoms with van der Waals surface area (Å²) in [7, 11) is -1.75. The predicted molar refractivity (Wildman–Crippen MR) is 90.9 cm³/mol. The van der Waals surface area contributed by atoms with Crippen LogP contribution in [0.3, 0.4) is 0 Å². The highest BCUT2D eigenvalue weighted by molar-refractivity contribution is 7.82. The highest BCUT2D eigenvalue weighted by atomic mass is 32.2. The van der Waals surface area contributed by atoms with Gasteiger partial charge in [0.2, 0.25) is 6.10 Å². The van der Waals surface area contributed by atoms with Gasteiger partial charge in [0.25, 0.3) is 0 Å². The Balaban J connectivity index is 1.64. The number of fused-ring (bicyclic) bond motifs is 1. The van der Waals surface area contributed by atoms with Crippen LogP contribution in [0.1, 0.15) is 6.92 Å². The van der Waals surface area contributed by atoms with Crippen molar-refractivity contribution in [3.63, 3.8) is 0 Å². The molecule has 0 aromatic heterocycles. The minimum Gasteiger partial charge on any atom is -0.434 e. The van der Waals surface area contributed by atoms with Crippen LogP contribution < -0.4 is 0 Å². The van der Waals surface area contributed by atoms with E-state index in [1.54, 1.807) is 11.2 Å². The zero-order valence-electron chi connectivity index (χ0n) is 15.3. The molecule has 3 unspecified atom stereocenters. The summed E-state index contributed by atoms with van der Waals surface area (Å²) in [5.41, 5.74) is -0.555. The third-order valence-corrected chi connectivity index (χ3v) is 6.70. The lowest BCUT2D eigenvalue weighted by Crippen LogP contribution is -2.42. The van der Waals surface area contributed by atoms with E-state index in [9.17, 15) is 31.0 Å². The lowest BCUT2D eigenvalue weighted by Gasteiger charge is -2.26. The summed E-state index contributed by atoms with van der Waals surface area (Å²) in [6, 6.07) is 2.97. The maximum absolute atomic E-state index is 13.4. The molecule has 0 aliphatic carbocycles. The molecule has 2 saturated heterocycles. The van der Waals surface area contributed by atoms with E-state index in [4.69, 9.17) is 5.11 Å². The lowest BCUT2D eigenvalue weighted by atomic mass is 9.83. The first kappa shape index (κ1) is 21.9. The number of alkyl halides is 3. The first-order valence-electron chi connectivity index (χ1n) is 8.69. The number of hydrogen-bond acceptors (Lipinski definition) is 4. The second-order valence-corrected chi connectivity index (χ2v) is 8.96. The number of ether oxygens (including phenoxy) is 1. The van der Waals surface area contributed by atoms with Gasteiger partial charge in [-0.3, -0.25) is 0 Å². The summed E-state index contributed by atoms with van der Waals surface area (Å²) in [6.07, 6.45) is -8.65. The van der Waals surface area contributed by atoms with E-state index in [2.05, 4.69) is 4.74 Å². The lowest BCUT2D eigenvalue weighted by molar-refractivity contribution is -0.214. The Bertz CT molecular complexity index is 824. The van der Waals surface area contributed by atoms with Crippen molar-refractivity contribution in [2.75, 3.05) is 32.8 Å². The molecule has 0 bridgehead atoms. The maximum Gasteiger partial charge on any atom is 0.427 e. The molecule has 1 aromatic rings. The topological polar surface area (TPSA) is 70.1 Å². The molecule has 1 amide bonds. The van der Waals surface area contributed by atoms with Crippen molar-refractivity contribution < 1.29 is 40.8 Å². The fourth-order valence-corrected chi connectivity index (χ4v) is 5.10. The van der Waals surface area contributed by atoms with Gasteiger partial charge in [-0.05, 0) is 24.1 Å². The van der Waals surface area contributed by atoms with E-state index in [1.165, 1.54) is 6.07 Å². The number of aliphatic hydroxyl groups excluding tert-OH is 1. The van der Waals surface area contributed by atoms with Crippen molar-refractivity contribution in [2.24, 2.45) is 11.3 Å². The molecule has 162 valence electrons. The van der Waals surface area contributed by atoms with Crippen molar-refractivity contribution in [3.05, 3.63) is 29.8 Å². The van der Waals surface area contributed by atoms with Gasteiger partial charge in [-0.2, -0.15) is 13.2 Å². The molecular weight excluding hydrogens is 423 g/mol. The average Bonchev–Trinajstić information content (AvgIpc) is 3.12. The van der Waals surface area contributed by atoms with Crippen LogP contribution in [0.25, 0.3) is 0 Å². The highest BCUT2D eigenvalue weighted by Gasteiger charge is 2.53. The molecule has 0 spiro atoms. The number of nitrogens with zero attached hydrogens (tertiary/aromatic N) is 2. The maximum atomic E-state index is 13.4. The van der Waals surface area contributed by atoms with Crippen LogP contribution >= 0.6 is 0 Å². The molecule has 0 saturated carbocycles. The van der Waals surface area contributed by atoms with Crippen LogP contribution in [0.15, 0.2) is 23.1 Å². The minimum atomic E-state index is -4.87. The standard InChI is InChI=1S/C17H19F5N2O4S/c1-16-8-23(15(26)28-14(7-25)17(20,21)22)5-10(16)6-24(9-16)29(27)11-2-3-12(18)13(19)4-11/h2-4,10,14,25H,5-9H2,1H3/t10?,14-,16?,29?/m1/s1. The Kier molecular flexibility index (Phi) is 5.89. The summed E-state index contributed by atoms with van der Waals surface area (Å²) >= 11 is 0. The monoisotopic (exact) mass is 442 g/mol. The summed E-state index contributed by atoms with van der Waals surface area (Å²) in [5, 5.41) is 8.80. The minimum absolute atomic E-state index is 0.0813. The molecular formula is C17H19F5N2O4S. The van der Waals surface area contributed by atoms with Crippen LogP contribution in [0.4, 0.5) is 26.7 Å². The van der Waals surface area contributed by atoms with Crippen molar-refractivity contribution in [1.29, 1.82) is 0 Å². The number of halogens is 5. The Morgan fingerprint density at radius 2 is 2.00 bits per heavy atom. The van der Waals surface area contributed by atoms with Crippen molar-refractivity contribution >= 4 is 17.1 Å². The Morgan fingerprint density at radius 1 is 1.31 bits per heavy atom. The molecule has 29 heavy (non-hydrogen) atoms. The van der Waals surface area contributed by atoms with Gasteiger partial charge in [-0.15, -0.1) is 0 Å². The molecule has 3 rings (SSSR count). The van der Waals surface area contributed by atoms with Gasteiger partial charge in [0, 0.05) is 31.6 Å². The number of aliphatic hydroxyl groups is 1. The average molecular weight is 442 g/mol. The van der Waals surface area contributed by atoms with E-state index in [0.717, 1.165) is 17.0 Å². The van der Waals surface area contributed by atoms with E-state index >= 15 is 0 Å². The summed E-state index contributed by atoms with van der Waals surface area (Å²) < 4.78 is 83.2. The van der Waals surface area contributed by atoms with E-state index in [-0.39, 0.29) is 37.0 Å². The van der Waals surface area contributed by atoms with Gasteiger partial charge < -0.3 is 14.7 Å². The van der Waals surface area contributed by atoms with Gasteiger partial charge in [-0.1, -0.05) is 6.92 Å². The number of carbonyl (C=O) groups is 1. The first-order chi connectivity index (χ1) is 13.4. The molecule has 2 fully saturated rings. The van der Waals surface area contributed by atoms with Crippen molar-refractivity contribution in [3.8, 4) is 0 Å². The van der Waals surface area contributed by atoms with Crippen LogP contribution in [0, 0.1) is 23.0 Å². The number of benzene rings is 1. The normalized spacial score (nSPS) is 27.0. The van der Waals surface area contributed by atoms with Crippen LogP contribution in [0.2, 0.25) is 0 Å². The molecule has 12 heteroatoms. The Hall–Kier alpha value is -1.79. The van der Waals surface area contributed by atoms with Gasteiger partial charge in [0.05, 0.1) is 11.5 Å². The third-order valence-electron chi connectivity index (χ3n) is 5.30. The summed E-state index contributed by atoms with van der Waals surface area (Å²) in [4.78, 5) is 13.3. The van der Waals surface area contributed by atoms with Gasteiger partial charge in [0.15, 0.2) is 11.6 Å². The third kappa shape index (κ3) is 4.38. The fraction of sp³-hybridized carbons (Fsp3) is 0.588. The quantitative estimate of drug-likeness (QED) is 0.727. The van der Waals surface area contributed by atoms with Crippen LogP contribution in [-0.4, -0.2) is 69.7 Å². The van der Waals surface area contributed by atoms with Crippen LogP contribution in [-0.2, 0) is 15.7 Å².